The van der Waals surface area contributed by atoms with Crippen LogP contribution in [-0.2, 0) is 13.0 Å². The number of rotatable bonds is 7. The van der Waals surface area contributed by atoms with Crippen LogP contribution in [0.2, 0.25) is 0 Å². The van der Waals surface area contributed by atoms with Crippen LogP contribution in [0, 0.1) is 5.92 Å². The van der Waals surface area contributed by atoms with E-state index in [0.29, 0.717) is 12.0 Å². The maximum absolute atomic E-state index is 4.45. The maximum atomic E-state index is 4.45. The Bertz CT molecular complexity index is 293. The van der Waals surface area contributed by atoms with Crippen LogP contribution in [0.25, 0.3) is 0 Å². The van der Waals surface area contributed by atoms with Crippen molar-refractivity contribution in [3.63, 3.8) is 0 Å². The Hall–Kier alpha value is -0.830. The van der Waals surface area contributed by atoms with Gasteiger partial charge in [-0.05, 0) is 19.4 Å². The molecule has 0 fully saturated rings. The van der Waals surface area contributed by atoms with E-state index >= 15 is 0 Å². The third kappa shape index (κ3) is 3.34. The van der Waals surface area contributed by atoms with Crippen LogP contribution >= 0.6 is 0 Å². The van der Waals surface area contributed by atoms with Gasteiger partial charge in [-0.3, -0.25) is 0 Å². The van der Waals surface area contributed by atoms with Crippen LogP contribution in [0.5, 0.6) is 0 Å². The standard InChI is InChI=1S/C13H25N3/c1-5-11(4)12(14-6-2)10-13-15-8-9-16(13)7-3/h8-9,11-12,14H,5-7,10H2,1-4H3. The topological polar surface area (TPSA) is 29.9 Å². The van der Waals surface area contributed by atoms with Gasteiger partial charge >= 0.3 is 0 Å². The van der Waals surface area contributed by atoms with E-state index in [2.05, 4.69) is 48.8 Å². The van der Waals surface area contributed by atoms with E-state index in [1.54, 1.807) is 0 Å². The molecule has 1 rings (SSSR count). The average molecular weight is 223 g/mol. The Labute approximate surface area is 99.3 Å². The Morgan fingerprint density at radius 1 is 1.38 bits per heavy atom. The van der Waals surface area contributed by atoms with Gasteiger partial charge in [-0.25, -0.2) is 4.98 Å². The molecule has 0 aliphatic heterocycles. The quantitative estimate of drug-likeness (QED) is 0.769. The summed E-state index contributed by atoms with van der Waals surface area (Å²) in [5.74, 6) is 1.90. The summed E-state index contributed by atoms with van der Waals surface area (Å²) in [4.78, 5) is 4.45. The number of nitrogens with one attached hydrogen (secondary N) is 1. The average Bonchev–Trinajstić information content (AvgIpc) is 2.74. The fourth-order valence-corrected chi connectivity index (χ4v) is 2.04. The van der Waals surface area contributed by atoms with Gasteiger partial charge in [-0.1, -0.05) is 27.2 Å². The molecule has 0 amide bonds. The number of hydrogen-bond acceptors (Lipinski definition) is 2. The molecular formula is C13H25N3. The SMILES string of the molecule is CCNC(Cc1nccn1CC)C(C)CC. The molecule has 0 aromatic carbocycles. The minimum atomic E-state index is 0.544. The first kappa shape index (κ1) is 13.2. The number of aromatic nitrogens is 2. The van der Waals surface area contributed by atoms with Gasteiger partial charge in [0.15, 0.2) is 0 Å². The summed E-state index contributed by atoms with van der Waals surface area (Å²) in [7, 11) is 0. The van der Waals surface area contributed by atoms with Crippen LogP contribution in [0.3, 0.4) is 0 Å². The predicted octanol–water partition coefficient (Wildman–Crippen LogP) is 2.47. The highest BCUT2D eigenvalue weighted by Gasteiger charge is 2.17. The fourth-order valence-electron chi connectivity index (χ4n) is 2.04. The molecular weight excluding hydrogens is 198 g/mol. The Morgan fingerprint density at radius 3 is 2.69 bits per heavy atom. The van der Waals surface area contributed by atoms with Gasteiger partial charge < -0.3 is 9.88 Å². The first-order valence-corrected chi connectivity index (χ1v) is 6.46. The van der Waals surface area contributed by atoms with E-state index in [-0.39, 0.29) is 0 Å². The zero-order chi connectivity index (χ0) is 12.0. The van der Waals surface area contributed by atoms with Crippen molar-refractivity contribution in [2.75, 3.05) is 6.54 Å². The minimum absolute atomic E-state index is 0.544. The molecule has 1 heterocycles. The Morgan fingerprint density at radius 2 is 2.12 bits per heavy atom. The zero-order valence-electron chi connectivity index (χ0n) is 11.0. The molecule has 2 atom stereocenters. The third-order valence-corrected chi connectivity index (χ3v) is 3.34. The van der Waals surface area contributed by atoms with E-state index in [9.17, 15) is 0 Å². The number of nitrogens with zero attached hydrogens (tertiary/aromatic N) is 2. The van der Waals surface area contributed by atoms with E-state index in [4.69, 9.17) is 0 Å². The zero-order valence-corrected chi connectivity index (χ0v) is 11.0. The van der Waals surface area contributed by atoms with Crippen LogP contribution < -0.4 is 5.32 Å². The molecule has 0 aliphatic carbocycles. The summed E-state index contributed by atoms with van der Waals surface area (Å²) >= 11 is 0. The van der Waals surface area contributed by atoms with Gasteiger partial charge in [0.05, 0.1) is 0 Å². The lowest BCUT2D eigenvalue weighted by Crippen LogP contribution is -2.37. The van der Waals surface area contributed by atoms with Crippen molar-refractivity contribution >= 4 is 0 Å². The van der Waals surface area contributed by atoms with Crippen LogP contribution in [0.15, 0.2) is 12.4 Å². The second-order valence-electron chi connectivity index (χ2n) is 4.38. The fraction of sp³-hybridized carbons (Fsp3) is 0.769. The highest BCUT2D eigenvalue weighted by molar-refractivity contribution is 4.96. The Balaban J connectivity index is 2.67. The number of imidazole rings is 1. The predicted molar refractivity (Wildman–Crippen MR) is 68.5 cm³/mol. The molecule has 3 heteroatoms. The summed E-state index contributed by atoms with van der Waals surface area (Å²) in [5.41, 5.74) is 0. The molecule has 3 nitrogen and oxygen atoms in total. The molecule has 16 heavy (non-hydrogen) atoms. The van der Waals surface area contributed by atoms with Crippen molar-refractivity contribution in [1.29, 1.82) is 0 Å². The molecule has 0 aliphatic rings. The number of likely N-dealkylation sites (N-methyl/N-ethyl adjacent to an activating group) is 1. The summed E-state index contributed by atoms with van der Waals surface area (Å²) in [6, 6.07) is 0.544. The normalized spacial score (nSPS) is 15.0. The second kappa shape index (κ2) is 6.69. The molecule has 0 saturated heterocycles. The molecule has 2 unspecified atom stereocenters. The van der Waals surface area contributed by atoms with Crippen molar-refractivity contribution in [2.45, 2.75) is 53.1 Å². The van der Waals surface area contributed by atoms with Crippen molar-refractivity contribution in [2.24, 2.45) is 5.92 Å². The lowest BCUT2D eigenvalue weighted by molar-refractivity contribution is 0.362. The lowest BCUT2D eigenvalue weighted by atomic mass is 9.96. The molecule has 1 N–H and O–H groups in total. The van der Waals surface area contributed by atoms with Crippen molar-refractivity contribution in [3.05, 3.63) is 18.2 Å². The second-order valence-corrected chi connectivity index (χ2v) is 4.38. The van der Waals surface area contributed by atoms with Gasteiger partial charge in [0.2, 0.25) is 0 Å². The van der Waals surface area contributed by atoms with E-state index < -0.39 is 0 Å². The first-order chi connectivity index (χ1) is 7.72. The van der Waals surface area contributed by atoms with Gasteiger partial charge in [0.25, 0.3) is 0 Å². The van der Waals surface area contributed by atoms with Crippen LogP contribution in [-0.4, -0.2) is 22.1 Å². The lowest BCUT2D eigenvalue weighted by Gasteiger charge is -2.23. The molecule has 0 saturated carbocycles. The largest absolute Gasteiger partial charge is 0.335 e. The van der Waals surface area contributed by atoms with Crippen molar-refractivity contribution < 1.29 is 0 Å². The molecule has 0 spiro atoms. The van der Waals surface area contributed by atoms with Gasteiger partial charge in [0, 0.05) is 31.4 Å². The van der Waals surface area contributed by atoms with Gasteiger partial charge in [-0.15, -0.1) is 0 Å². The molecule has 92 valence electrons. The summed E-state index contributed by atoms with van der Waals surface area (Å²) in [5, 5.41) is 3.57. The summed E-state index contributed by atoms with van der Waals surface area (Å²) < 4.78 is 2.23. The molecule has 0 radical (unpaired) electrons. The monoisotopic (exact) mass is 223 g/mol. The van der Waals surface area contributed by atoms with Crippen molar-refractivity contribution in [1.82, 2.24) is 14.9 Å². The maximum Gasteiger partial charge on any atom is 0.110 e. The van der Waals surface area contributed by atoms with E-state index in [0.717, 1.165) is 19.5 Å². The van der Waals surface area contributed by atoms with E-state index in [1.165, 1.54) is 12.2 Å². The smallest absolute Gasteiger partial charge is 0.110 e. The minimum Gasteiger partial charge on any atom is -0.335 e. The highest BCUT2D eigenvalue weighted by Crippen LogP contribution is 2.12. The van der Waals surface area contributed by atoms with Gasteiger partial charge in [-0.2, -0.15) is 0 Å². The Kier molecular flexibility index (Phi) is 5.53. The third-order valence-electron chi connectivity index (χ3n) is 3.34. The molecule has 0 bridgehead atoms. The summed E-state index contributed by atoms with van der Waals surface area (Å²) in [6.07, 6.45) is 6.21. The summed E-state index contributed by atoms with van der Waals surface area (Å²) in [6.45, 7) is 10.9. The molecule has 1 aromatic rings. The van der Waals surface area contributed by atoms with E-state index in [1.807, 2.05) is 6.20 Å². The molecule has 1 aromatic heterocycles. The first-order valence-electron chi connectivity index (χ1n) is 6.46. The van der Waals surface area contributed by atoms with Crippen LogP contribution in [0.4, 0.5) is 0 Å². The van der Waals surface area contributed by atoms with Crippen LogP contribution in [0.1, 0.15) is 39.9 Å². The van der Waals surface area contributed by atoms with Crippen molar-refractivity contribution in [3.8, 4) is 0 Å². The number of hydrogen-bond donors (Lipinski definition) is 1. The number of aryl methyl sites for hydroxylation is 1. The van der Waals surface area contributed by atoms with Gasteiger partial charge in [0.1, 0.15) is 5.82 Å². The highest BCUT2D eigenvalue weighted by atomic mass is 15.1.